The van der Waals surface area contributed by atoms with Crippen molar-refractivity contribution in [2.75, 3.05) is 0 Å². The Morgan fingerprint density at radius 1 is 0.880 bits per heavy atom. The third kappa shape index (κ3) is 2.17. The summed E-state index contributed by atoms with van der Waals surface area (Å²) < 4.78 is 16.4. The summed E-state index contributed by atoms with van der Waals surface area (Å²) in [6.45, 7) is 0. The summed E-state index contributed by atoms with van der Waals surface area (Å²) in [5, 5.41) is 9.64. The summed E-state index contributed by atoms with van der Waals surface area (Å²) >= 11 is 0. The van der Waals surface area contributed by atoms with Crippen molar-refractivity contribution in [2.45, 2.75) is 0 Å². The van der Waals surface area contributed by atoms with E-state index in [4.69, 9.17) is 0 Å². The van der Waals surface area contributed by atoms with Crippen LogP contribution in [0.15, 0.2) is 67.1 Å². The van der Waals surface area contributed by atoms with E-state index in [2.05, 4.69) is 20.2 Å². The molecule has 0 aliphatic heterocycles. The molecule has 0 N–H and O–H groups in total. The molecule has 3 heterocycles. The first-order chi connectivity index (χ1) is 12.3. The Balaban J connectivity index is 1.71. The van der Waals surface area contributed by atoms with Crippen LogP contribution in [0.25, 0.3) is 33.8 Å². The highest BCUT2D eigenvalue weighted by Gasteiger charge is 2.14. The first-order valence-electron chi connectivity index (χ1n) is 7.70. The summed E-state index contributed by atoms with van der Waals surface area (Å²) in [6, 6.07) is 15.9. The van der Waals surface area contributed by atoms with Gasteiger partial charge in [-0.2, -0.15) is 5.10 Å². The molecule has 0 unspecified atom stereocenters. The second-order valence-corrected chi connectivity index (χ2v) is 5.58. The van der Waals surface area contributed by atoms with Crippen LogP contribution in [0, 0.1) is 5.82 Å². The van der Waals surface area contributed by atoms with Gasteiger partial charge in [0, 0.05) is 5.56 Å². The average molecular weight is 330 g/mol. The van der Waals surface area contributed by atoms with Crippen LogP contribution in [0.4, 0.5) is 4.39 Å². The fraction of sp³-hybridized carbons (Fsp3) is 0. The Morgan fingerprint density at radius 3 is 2.48 bits per heavy atom. The summed E-state index contributed by atoms with van der Waals surface area (Å²) in [5.74, 6) is 0.338. The molecule has 0 spiro atoms. The minimum absolute atomic E-state index is 0.291. The van der Waals surface area contributed by atoms with Crippen LogP contribution in [0.5, 0.6) is 0 Å². The number of benzene rings is 2. The van der Waals surface area contributed by atoms with Gasteiger partial charge in [-0.1, -0.05) is 30.3 Å². The monoisotopic (exact) mass is 330 g/mol. The van der Waals surface area contributed by atoms with Gasteiger partial charge in [-0.25, -0.2) is 23.6 Å². The standard InChI is InChI=1S/C18H11FN6/c19-13-6-8-14(9-7-13)25-17-15(10-21-25)18-22-16(23-24(18)11-20-17)12-4-2-1-3-5-12/h1-11H. The number of nitrogens with zero attached hydrogens (tertiary/aromatic N) is 6. The van der Waals surface area contributed by atoms with Crippen LogP contribution in [0.3, 0.4) is 0 Å². The zero-order valence-corrected chi connectivity index (χ0v) is 12.9. The maximum atomic E-state index is 13.1. The van der Waals surface area contributed by atoms with Gasteiger partial charge in [-0.3, -0.25) is 0 Å². The van der Waals surface area contributed by atoms with Crippen LogP contribution in [0.2, 0.25) is 0 Å². The van der Waals surface area contributed by atoms with Crippen LogP contribution in [0.1, 0.15) is 0 Å². The number of hydrogen-bond donors (Lipinski definition) is 0. The quantitative estimate of drug-likeness (QED) is 0.498. The van der Waals surface area contributed by atoms with Gasteiger partial charge in [-0.05, 0) is 24.3 Å². The molecule has 2 aromatic carbocycles. The van der Waals surface area contributed by atoms with Gasteiger partial charge in [0.15, 0.2) is 17.1 Å². The highest BCUT2D eigenvalue weighted by molar-refractivity contribution is 5.89. The third-order valence-corrected chi connectivity index (χ3v) is 4.01. The minimum atomic E-state index is -0.291. The molecule has 0 saturated heterocycles. The van der Waals surface area contributed by atoms with E-state index in [1.54, 1.807) is 33.9 Å². The minimum Gasteiger partial charge on any atom is -0.216 e. The van der Waals surface area contributed by atoms with Gasteiger partial charge >= 0.3 is 0 Å². The lowest BCUT2D eigenvalue weighted by atomic mass is 10.2. The van der Waals surface area contributed by atoms with Crippen LogP contribution >= 0.6 is 0 Å². The van der Waals surface area contributed by atoms with Crippen LogP contribution < -0.4 is 0 Å². The van der Waals surface area contributed by atoms with Crippen molar-refractivity contribution in [3.63, 3.8) is 0 Å². The first kappa shape index (κ1) is 13.8. The van der Waals surface area contributed by atoms with E-state index in [0.717, 1.165) is 16.6 Å². The van der Waals surface area contributed by atoms with E-state index < -0.39 is 0 Å². The Morgan fingerprint density at radius 2 is 1.68 bits per heavy atom. The third-order valence-electron chi connectivity index (χ3n) is 4.01. The van der Waals surface area contributed by atoms with E-state index in [1.807, 2.05) is 30.3 Å². The van der Waals surface area contributed by atoms with Gasteiger partial charge in [0.2, 0.25) is 0 Å². The van der Waals surface area contributed by atoms with Gasteiger partial charge < -0.3 is 0 Å². The van der Waals surface area contributed by atoms with E-state index in [-0.39, 0.29) is 5.82 Å². The van der Waals surface area contributed by atoms with Crippen molar-refractivity contribution in [3.05, 3.63) is 72.9 Å². The normalized spacial score (nSPS) is 11.4. The highest BCUT2D eigenvalue weighted by Crippen LogP contribution is 2.22. The van der Waals surface area contributed by atoms with E-state index >= 15 is 0 Å². The molecule has 3 aromatic heterocycles. The number of aromatic nitrogens is 6. The molecule has 0 fully saturated rings. The lowest BCUT2D eigenvalue weighted by Crippen LogP contribution is -1.99. The summed E-state index contributed by atoms with van der Waals surface area (Å²) in [6.07, 6.45) is 3.31. The molecule has 6 nitrogen and oxygen atoms in total. The van der Waals surface area contributed by atoms with Gasteiger partial charge in [0.05, 0.1) is 17.3 Å². The number of fused-ring (bicyclic) bond motifs is 3. The van der Waals surface area contributed by atoms with Crippen LogP contribution in [-0.4, -0.2) is 29.4 Å². The molecule has 0 bridgehead atoms. The molecule has 0 amide bonds. The van der Waals surface area contributed by atoms with E-state index in [9.17, 15) is 4.39 Å². The molecule has 0 saturated carbocycles. The SMILES string of the molecule is Fc1ccc(-n2ncc3c2ncn2nc(-c4ccccc4)nc32)cc1. The fourth-order valence-electron chi connectivity index (χ4n) is 2.80. The van der Waals surface area contributed by atoms with Crippen molar-refractivity contribution in [1.82, 2.24) is 29.4 Å². The van der Waals surface area contributed by atoms with Crippen LogP contribution in [-0.2, 0) is 0 Å². The largest absolute Gasteiger partial charge is 0.216 e. The molecule has 7 heteroatoms. The number of hydrogen-bond acceptors (Lipinski definition) is 4. The molecule has 25 heavy (non-hydrogen) atoms. The molecule has 0 atom stereocenters. The summed E-state index contributed by atoms with van der Waals surface area (Å²) in [5.41, 5.74) is 2.99. The van der Waals surface area contributed by atoms with Crippen molar-refractivity contribution >= 4 is 16.7 Å². The van der Waals surface area contributed by atoms with Crippen molar-refractivity contribution in [2.24, 2.45) is 0 Å². The maximum Gasteiger partial charge on any atom is 0.182 e. The van der Waals surface area contributed by atoms with E-state index in [1.165, 1.54) is 12.1 Å². The smallest absolute Gasteiger partial charge is 0.182 e. The molecule has 0 radical (unpaired) electrons. The molecule has 0 aliphatic carbocycles. The van der Waals surface area contributed by atoms with E-state index in [0.29, 0.717) is 17.1 Å². The second-order valence-electron chi connectivity index (χ2n) is 5.58. The zero-order chi connectivity index (χ0) is 16.8. The highest BCUT2D eigenvalue weighted by atomic mass is 19.1. The summed E-state index contributed by atoms with van der Waals surface area (Å²) in [4.78, 5) is 9.07. The molecule has 120 valence electrons. The van der Waals surface area contributed by atoms with Gasteiger partial charge in [0.1, 0.15) is 12.1 Å². The van der Waals surface area contributed by atoms with Crippen molar-refractivity contribution < 1.29 is 4.39 Å². The molecular weight excluding hydrogens is 319 g/mol. The lowest BCUT2D eigenvalue weighted by molar-refractivity contribution is 0.627. The first-order valence-corrected chi connectivity index (χ1v) is 7.70. The molecule has 5 rings (SSSR count). The Hall–Kier alpha value is -3.61. The lowest BCUT2D eigenvalue weighted by Gasteiger charge is -2.02. The maximum absolute atomic E-state index is 13.1. The zero-order valence-electron chi connectivity index (χ0n) is 12.9. The summed E-state index contributed by atoms with van der Waals surface area (Å²) in [7, 11) is 0. The Labute approximate surface area is 141 Å². The van der Waals surface area contributed by atoms with Crippen molar-refractivity contribution in [1.29, 1.82) is 0 Å². The Bertz CT molecular complexity index is 1190. The molecular formula is C18H11FN6. The average Bonchev–Trinajstić information content (AvgIpc) is 3.27. The predicted octanol–water partition coefficient (Wildman–Crippen LogP) is 3.27. The Kier molecular flexibility index (Phi) is 2.87. The molecule has 0 aliphatic rings. The number of rotatable bonds is 2. The van der Waals surface area contributed by atoms with Gasteiger partial charge in [-0.15, -0.1) is 5.10 Å². The van der Waals surface area contributed by atoms with Crippen molar-refractivity contribution in [3.8, 4) is 17.1 Å². The second kappa shape index (κ2) is 5.20. The predicted molar refractivity (Wildman–Crippen MR) is 90.8 cm³/mol. The van der Waals surface area contributed by atoms with Gasteiger partial charge in [0.25, 0.3) is 0 Å². The number of halogens is 1. The fourth-order valence-corrected chi connectivity index (χ4v) is 2.80. The topological polar surface area (TPSA) is 60.9 Å². The molecule has 5 aromatic rings.